The molecule has 0 atom stereocenters. The number of nitrogens with one attached hydrogen (secondary N) is 1. The van der Waals surface area contributed by atoms with Crippen LogP contribution in [-0.4, -0.2) is 15.8 Å². The van der Waals surface area contributed by atoms with E-state index in [1.54, 1.807) is 0 Å². The Hall–Kier alpha value is -2.25. The Morgan fingerprint density at radius 2 is 2.05 bits per heavy atom. The van der Waals surface area contributed by atoms with Crippen LogP contribution < -0.4 is 5.32 Å². The van der Waals surface area contributed by atoms with Crippen LogP contribution in [0.25, 0.3) is 0 Å². The molecule has 0 radical (unpaired) electrons. The Kier molecular flexibility index (Phi) is 4.35. The van der Waals surface area contributed by atoms with Crippen LogP contribution in [0.4, 0.5) is 15.8 Å². The first kappa shape index (κ1) is 15.1. The van der Waals surface area contributed by atoms with Gasteiger partial charge in [-0.05, 0) is 24.3 Å². The SMILES string of the molecule is O=C(Nc1cc(Cl)ccc1F)c1ccnc(Cl)c1[N+](=O)[O-]. The summed E-state index contributed by atoms with van der Waals surface area (Å²) < 4.78 is 13.5. The van der Waals surface area contributed by atoms with Gasteiger partial charge in [0.05, 0.1) is 10.6 Å². The number of hydrogen-bond donors (Lipinski definition) is 1. The van der Waals surface area contributed by atoms with Gasteiger partial charge >= 0.3 is 5.69 Å². The van der Waals surface area contributed by atoms with Crippen LogP contribution >= 0.6 is 23.2 Å². The molecular formula is C12H6Cl2FN3O3. The van der Waals surface area contributed by atoms with E-state index in [2.05, 4.69) is 10.3 Å². The molecule has 1 heterocycles. The second-order valence-corrected chi connectivity index (χ2v) is 4.63. The molecular weight excluding hydrogens is 324 g/mol. The molecule has 0 fully saturated rings. The lowest BCUT2D eigenvalue weighted by molar-refractivity contribution is -0.385. The number of benzene rings is 1. The summed E-state index contributed by atoms with van der Waals surface area (Å²) >= 11 is 11.3. The van der Waals surface area contributed by atoms with E-state index in [4.69, 9.17) is 23.2 Å². The Balaban J connectivity index is 2.40. The van der Waals surface area contributed by atoms with Gasteiger partial charge in [0.2, 0.25) is 5.15 Å². The fourth-order valence-electron chi connectivity index (χ4n) is 1.57. The number of nitro groups is 1. The monoisotopic (exact) mass is 329 g/mol. The molecule has 9 heteroatoms. The Morgan fingerprint density at radius 3 is 2.71 bits per heavy atom. The number of anilines is 1. The van der Waals surface area contributed by atoms with Gasteiger partial charge in [-0.15, -0.1) is 0 Å². The molecule has 108 valence electrons. The Morgan fingerprint density at radius 1 is 1.33 bits per heavy atom. The van der Waals surface area contributed by atoms with E-state index in [9.17, 15) is 19.3 Å². The third-order valence-corrected chi connectivity index (χ3v) is 3.00. The lowest BCUT2D eigenvalue weighted by Gasteiger charge is -2.07. The second-order valence-electron chi connectivity index (χ2n) is 3.83. The smallest absolute Gasteiger partial charge is 0.319 e. The summed E-state index contributed by atoms with van der Waals surface area (Å²) in [6.07, 6.45) is 1.14. The van der Waals surface area contributed by atoms with Crippen LogP contribution in [0.5, 0.6) is 0 Å². The predicted molar refractivity (Wildman–Crippen MR) is 75.3 cm³/mol. The van der Waals surface area contributed by atoms with E-state index in [0.717, 1.165) is 18.3 Å². The van der Waals surface area contributed by atoms with Gasteiger partial charge in [-0.25, -0.2) is 9.37 Å². The zero-order chi connectivity index (χ0) is 15.6. The first-order valence-corrected chi connectivity index (χ1v) is 6.21. The molecule has 1 aromatic carbocycles. The van der Waals surface area contributed by atoms with Crippen molar-refractivity contribution in [2.75, 3.05) is 5.32 Å². The fourth-order valence-corrected chi connectivity index (χ4v) is 1.97. The molecule has 1 N–H and O–H groups in total. The number of halogens is 3. The van der Waals surface area contributed by atoms with Crippen LogP contribution in [-0.2, 0) is 0 Å². The van der Waals surface area contributed by atoms with Gasteiger partial charge < -0.3 is 5.32 Å². The standard InChI is InChI=1S/C12H6Cl2FN3O3/c13-6-1-2-8(15)9(5-6)17-12(19)7-3-4-16-11(14)10(7)18(20)21/h1-5H,(H,17,19). The van der Waals surface area contributed by atoms with Gasteiger partial charge in [0.15, 0.2) is 0 Å². The molecule has 1 aromatic heterocycles. The fraction of sp³-hybridized carbons (Fsp3) is 0. The highest BCUT2D eigenvalue weighted by Gasteiger charge is 2.25. The van der Waals surface area contributed by atoms with Gasteiger partial charge in [0, 0.05) is 11.2 Å². The summed E-state index contributed by atoms with van der Waals surface area (Å²) in [6, 6.07) is 4.66. The van der Waals surface area contributed by atoms with Gasteiger partial charge in [0.25, 0.3) is 5.91 Å². The second kappa shape index (κ2) is 6.02. The van der Waals surface area contributed by atoms with Crippen LogP contribution in [0.15, 0.2) is 30.5 Å². The lowest BCUT2D eigenvalue weighted by atomic mass is 10.2. The highest BCUT2D eigenvalue weighted by atomic mass is 35.5. The van der Waals surface area contributed by atoms with Crippen molar-refractivity contribution in [1.82, 2.24) is 4.98 Å². The molecule has 2 aromatic rings. The minimum atomic E-state index is -0.896. The highest BCUT2D eigenvalue weighted by molar-refractivity contribution is 6.32. The number of nitrogens with zero attached hydrogens (tertiary/aromatic N) is 2. The van der Waals surface area contributed by atoms with Crippen molar-refractivity contribution in [3.8, 4) is 0 Å². The molecule has 6 nitrogen and oxygen atoms in total. The average Bonchev–Trinajstić information content (AvgIpc) is 2.42. The molecule has 0 unspecified atom stereocenters. The van der Waals surface area contributed by atoms with Gasteiger partial charge in [-0.3, -0.25) is 14.9 Å². The molecule has 2 rings (SSSR count). The number of hydrogen-bond acceptors (Lipinski definition) is 4. The number of carbonyl (C=O) groups excluding carboxylic acids is 1. The Bertz CT molecular complexity index is 740. The van der Waals surface area contributed by atoms with Gasteiger partial charge in [0.1, 0.15) is 11.4 Å². The summed E-state index contributed by atoms with van der Waals surface area (Å²) in [7, 11) is 0. The maximum atomic E-state index is 13.5. The number of amides is 1. The van der Waals surface area contributed by atoms with E-state index in [1.165, 1.54) is 12.1 Å². The summed E-state index contributed by atoms with van der Waals surface area (Å²) in [5, 5.41) is 12.9. The van der Waals surface area contributed by atoms with Crippen molar-refractivity contribution in [2.24, 2.45) is 0 Å². The van der Waals surface area contributed by atoms with Crippen molar-refractivity contribution in [3.05, 3.63) is 62.1 Å². The van der Waals surface area contributed by atoms with Crippen molar-refractivity contribution in [1.29, 1.82) is 0 Å². The number of pyridine rings is 1. The topological polar surface area (TPSA) is 85.1 Å². The van der Waals surface area contributed by atoms with E-state index < -0.39 is 27.5 Å². The molecule has 1 amide bonds. The summed E-state index contributed by atoms with van der Waals surface area (Å²) in [5.41, 5.74) is -1.19. The number of rotatable bonds is 3. The van der Waals surface area contributed by atoms with Crippen molar-refractivity contribution < 1.29 is 14.1 Å². The maximum Gasteiger partial charge on any atom is 0.319 e. The number of aromatic nitrogens is 1. The van der Waals surface area contributed by atoms with Gasteiger partial charge in [-0.2, -0.15) is 0 Å². The molecule has 0 aliphatic rings. The third kappa shape index (κ3) is 3.26. The van der Waals surface area contributed by atoms with E-state index in [1.807, 2.05) is 0 Å². The van der Waals surface area contributed by atoms with Crippen LogP contribution in [0.1, 0.15) is 10.4 Å². The largest absolute Gasteiger partial charge is 0.319 e. The van der Waals surface area contributed by atoms with Crippen molar-refractivity contribution >= 4 is 40.5 Å². The summed E-state index contributed by atoms with van der Waals surface area (Å²) in [5.74, 6) is -1.62. The molecule has 0 spiro atoms. The third-order valence-electron chi connectivity index (χ3n) is 2.48. The predicted octanol–water partition coefficient (Wildman–Crippen LogP) is 3.69. The summed E-state index contributed by atoms with van der Waals surface area (Å²) in [6.45, 7) is 0. The first-order valence-electron chi connectivity index (χ1n) is 5.45. The minimum Gasteiger partial charge on any atom is -0.319 e. The van der Waals surface area contributed by atoms with Crippen LogP contribution in [0, 0.1) is 15.9 Å². The quantitative estimate of drug-likeness (QED) is 0.528. The molecule has 0 bridgehead atoms. The highest BCUT2D eigenvalue weighted by Crippen LogP contribution is 2.27. The summed E-state index contributed by atoms with van der Waals surface area (Å²) in [4.78, 5) is 25.7. The maximum absolute atomic E-state index is 13.5. The minimum absolute atomic E-state index is 0.199. The average molecular weight is 330 g/mol. The molecule has 0 aliphatic heterocycles. The van der Waals surface area contributed by atoms with E-state index >= 15 is 0 Å². The first-order chi connectivity index (χ1) is 9.90. The number of carbonyl (C=O) groups is 1. The Labute approximate surface area is 127 Å². The zero-order valence-corrected chi connectivity index (χ0v) is 11.7. The van der Waals surface area contributed by atoms with Gasteiger partial charge in [-0.1, -0.05) is 23.2 Å². The normalized spacial score (nSPS) is 10.2. The van der Waals surface area contributed by atoms with Crippen molar-refractivity contribution in [3.63, 3.8) is 0 Å². The van der Waals surface area contributed by atoms with Crippen molar-refractivity contribution in [2.45, 2.75) is 0 Å². The molecule has 0 saturated heterocycles. The van der Waals surface area contributed by atoms with Crippen LogP contribution in [0.3, 0.4) is 0 Å². The molecule has 21 heavy (non-hydrogen) atoms. The lowest BCUT2D eigenvalue weighted by Crippen LogP contribution is -2.15. The molecule has 0 saturated carbocycles. The molecule has 0 aliphatic carbocycles. The van der Waals surface area contributed by atoms with E-state index in [-0.39, 0.29) is 16.3 Å². The van der Waals surface area contributed by atoms with Crippen LogP contribution in [0.2, 0.25) is 10.2 Å². The van der Waals surface area contributed by atoms with E-state index in [0.29, 0.717) is 0 Å². The zero-order valence-electron chi connectivity index (χ0n) is 10.1.